The molecule has 0 saturated heterocycles. The second-order valence-electron chi connectivity index (χ2n) is 4.80. The number of fused-ring (bicyclic) bond motifs is 1. The second-order valence-corrected chi connectivity index (χ2v) is 6.83. The maximum Gasteiger partial charge on any atom is 0.181 e. The zero-order valence-corrected chi connectivity index (χ0v) is 12.0. The van der Waals surface area contributed by atoms with Gasteiger partial charge in [-0.3, -0.25) is 0 Å². The molecule has 21 heavy (non-hydrogen) atoms. The van der Waals surface area contributed by atoms with Gasteiger partial charge in [0.25, 0.3) is 0 Å². The zero-order valence-electron chi connectivity index (χ0n) is 11.1. The van der Waals surface area contributed by atoms with E-state index in [1.54, 1.807) is 30.3 Å². The van der Waals surface area contributed by atoms with E-state index >= 15 is 0 Å². The maximum absolute atomic E-state index is 12.2. The Morgan fingerprint density at radius 2 is 1.67 bits per heavy atom. The van der Waals surface area contributed by atoms with Gasteiger partial charge in [-0.05, 0) is 24.3 Å². The Morgan fingerprint density at radius 3 is 2.38 bits per heavy atom. The number of rotatable bonds is 4. The summed E-state index contributed by atoms with van der Waals surface area (Å²) in [5.41, 5.74) is 0.628. The van der Waals surface area contributed by atoms with Gasteiger partial charge in [0.05, 0.1) is 10.6 Å². The quantitative estimate of drug-likeness (QED) is 0.804. The number of benzene rings is 2. The number of aliphatic hydroxyl groups excluding tert-OH is 1. The predicted octanol–water partition coefficient (Wildman–Crippen LogP) is 2.94. The summed E-state index contributed by atoms with van der Waals surface area (Å²) in [6.07, 6.45) is -1.19. The predicted molar refractivity (Wildman–Crippen MR) is 79.7 cm³/mol. The average molecular weight is 302 g/mol. The van der Waals surface area contributed by atoms with Crippen LogP contribution in [0.5, 0.6) is 0 Å². The lowest BCUT2D eigenvalue weighted by Crippen LogP contribution is -2.14. The van der Waals surface area contributed by atoms with Gasteiger partial charge in [0.2, 0.25) is 0 Å². The molecule has 2 aromatic carbocycles. The highest BCUT2D eigenvalue weighted by molar-refractivity contribution is 7.91. The number of furan rings is 1. The van der Waals surface area contributed by atoms with E-state index in [0.29, 0.717) is 5.58 Å². The van der Waals surface area contributed by atoms with Crippen LogP contribution in [-0.2, 0) is 9.84 Å². The third kappa shape index (κ3) is 2.84. The van der Waals surface area contributed by atoms with E-state index in [9.17, 15) is 13.5 Å². The SMILES string of the molecule is O=S(=O)(CC(O)c1cc2ccccc2o1)c1ccccc1. The van der Waals surface area contributed by atoms with Gasteiger partial charge < -0.3 is 9.52 Å². The number of hydrogen-bond acceptors (Lipinski definition) is 4. The summed E-state index contributed by atoms with van der Waals surface area (Å²) in [7, 11) is -3.56. The van der Waals surface area contributed by atoms with Crippen molar-refractivity contribution in [2.45, 2.75) is 11.0 Å². The molecule has 0 radical (unpaired) electrons. The second kappa shape index (κ2) is 5.35. The van der Waals surface area contributed by atoms with Crippen LogP contribution in [0.4, 0.5) is 0 Å². The number of hydrogen-bond donors (Lipinski definition) is 1. The van der Waals surface area contributed by atoms with E-state index < -0.39 is 21.7 Å². The summed E-state index contributed by atoms with van der Waals surface area (Å²) >= 11 is 0. The van der Waals surface area contributed by atoms with Crippen molar-refractivity contribution in [3.63, 3.8) is 0 Å². The molecule has 3 aromatic rings. The molecule has 1 aromatic heterocycles. The molecule has 0 saturated carbocycles. The van der Waals surface area contributed by atoms with E-state index in [2.05, 4.69) is 0 Å². The largest absolute Gasteiger partial charge is 0.458 e. The molecule has 0 bridgehead atoms. The van der Waals surface area contributed by atoms with Gasteiger partial charge in [-0.15, -0.1) is 0 Å². The van der Waals surface area contributed by atoms with E-state index in [1.165, 1.54) is 12.1 Å². The number of para-hydroxylation sites is 1. The smallest absolute Gasteiger partial charge is 0.181 e. The molecule has 1 atom stereocenters. The minimum Gasteiger partial charge on any atom is -0.458 e. The standard InChI is InChI=1S/C16H14O4S/c17-14(11-21(18,19)13-7-2-1-3-8-13)16-10-12-6-4-5-9-15(12)20-16/h1-10,14,17H,11H2. The number of aliphatic hydroxyl groups is 1. The van der Waals surface area contributed by atoms with Crippen molar-refractivity contribution in [1.82, 2.24) is 0 Å². The molecule has 0 fully saturated rings. The maximum atomic E-state index is 12.2. The van der Waals surface area contributed by atoms with Crippen LogP contribution in [-0.4, -0.2) is 19.3 Å². The molecule has 3 rings (SSSR count). The fourth-order valence-corrected chi connectivity index (χ4v) is 3.52. The third-order valence-corrected chi connectivity index (χ3v) is 5.00. The molecular weight excluding hydrogens is 288 g/mol. The van der Waals surface area contributed by atoms with Crippen LogP contribution in [0.2, 0.25) is 0 Å². The first-order valence-electron chi connectivity index (χ1n) is 6.50. The molecule has 0 aliphatic carbocycles. The Labute approximate surface area is 122 Å². The highest BCUT2D eigenvalue weighted by Crippen LogP contribution is 2.26. The Morgan fingerprint density at radius 1 is 1.00 bits per heavy atom. The van der Waals surface area contributed by atoms with Gasteiger partial charge in [-0.2, -0.15) is 0 Å². The first-order chi connectivity index (χ1) is 10.1. The van der Waals surface area contributed by atoms with Crippen LogP contribution in [0.15, 0.2) is 70.0 Å². The van der Waals surface area contributed by atoms with Crippen molar-refractivity contribution in [1.29, 1.82) is 0 Å². The first kappa shape index (κ1) is 13.9. The molecule has 5 heteroatoms. The van der Waals surface area contributed by atoms with Gasteiger partial charge >= 0.3 is 0 Å². The normalized spacial score (nSPS) is 13.4. The van der Waals surface area contributed by atoms with Gasteiger partial charge in [0, 0.05) is 5.39 Å². The van der Waals surface area contributed by atoms with Gasteiger partial charge in [0.15, 0.2) is 9.84 Å². The summed E-state index contributed by atoms with van der Waals surface area (Å²) in [4.78, 5) is 0.195. The van der Waals surface area contributed by atoms with Crippen molar-refractivity contribution >= 4 is 20.8 Å². The van der Waals surface area contributed by atoms with E-state index in [1.807, 2.05) is 18.2 Å². The van der Waals surface area contributed by atoms with Crippen molar-refractivity contribution in [2.75, 3.05) is 5.75 Å². The van der Waals surface area contributed by atoms with Gasteiger partial charge in [0.1, 0.15) is 17.4 Å². The molecule has 0 aliphatic heterocycles. The highest BCUT2D eigenvalue weighted by Gasteiger charge is 2.23. The number of sulfone groups is 1. The minimum atomic E-state index is -3.56. The molecule has 0 spiro atoms. The molecular formula is C16H14O4S. The lowest BCUT2D eigenvalue weighted by Gasteiger charge is -2.08. The Kier molecular flexibility index (Phi) is 3.53. The van der Waals surface area contributed by atoms with Gasteiger partial charge in [-0.25, -0.2) is 8.42 Å². The van der Waals surface area contributed by atoms with E-state index in [-0.39, 0.29) is 10.7 Å². The van der Waals surface area contributed by atoms with Crippen molar-refractivity contribution < 1.29 is 17.9 Å². The Bertz CT molecular complexity index is 817. The highest BCUT2D eigenvalue weighted by atomic mass is 32.2. The summed E-state index contributed by atoms with van der Waals surface area (Å²) in [5.74, 6) is -0.146. The summed E-state index contributed by atoms with van der Waals surface area (Å²) in [6, 6.07) is 17.0. The van der Waals surface area contributed by atoms with Crippen LogP contribution in [0.1, 0.15) is 11.9 Å². The minimum absolute atomic E-state index is 0.195. The molecule has 0 amide bonds. The van der Waals surface area contributed by atoms with Crippen LogP contribution in [0, 0.1) is 0 Å². The Balaban J connectivity index is 1.87. The summed E-state index contributed by atoms with van der Waals surface area (Å²) < 4.78 is 30.0. The summed E-state index contributed by atoms with van der Waals surface area (Å²) in [6.45, 7) is 0. The van der Waals surface area contributed by atoms with Gasteiger partial charge in [-0.1, -0.05) is 36.4 Å². The molecule has 1 N–H and O–H groups in total. The molecule has 1 heterocycles. The fraction of sp³-hybridized carbons (Fsp3) is 0.125. The third-order valence-electron chi connectivity index (χ3n) is 3.25. The summed E-state index contributed by atoms with van der Waals surface area (Å²) in [5, 5.41) is 11.0. The first-order valence-corrected chi connectivity index (χ1v) is 8.16. The average Bonchev–Trinajstić information content (AvgIpc) is 2.92. The van der Waals surface area contributed by atoms with Crippen LogP contribution in [0.3, 0.4) is 0 Å². The lowest BCUT2D eigenvalue weighted by molar-refractivity contribution is 0.174. The Hall–Kier alpha value is -2.11. The van der Waals surface area contributed by atoms with Crippen molar-refractivity contribution in [3.05, 3.63) is 66.4 Å². The van der Waals surface area contributed by atoms with Crippen LogP contribution < -0.4 is 0 Å². The lowest BCUT2D eigenvalue weighted by atomic mass is 10.2. The monoisotopic (exact) mass is 302 g/mol. The van der Waals surface area contributed by atoms with E-state index in [0.717, 1.165) is 5.39 Å². The topological polar surface area (TPSA) is 67.5 Å². The van der Waals surface area contributed by atoms with E-state index in [4.69, 9.17) is 4.42 Å². The van der Waals surface area contributed by atoms with Crippen molar-refractivity contribution in [2.24, 2.45) is 0 Å². The molecule has 4 nitrogen and oxygen atoms in total. The zero-order chi connectivity index (χ0) is 14.9. The molecule has 0 aliphatic rings. The van der Waals surface area contributed by atoms with Crippen molar-refractivity contribution in [3.8, 4) is 0 Å². The van der Waals surface area contributed by atoms with Crippen LogP contribution >= 0.6 is 0 Å². The van der Waals surface area contributed by atoms with Crippen LogP contribution in [0.25, 0.3) is 11.0 Å². The fourth-order valence-electron chi connectivity index (χ4n) is 2.18. The molecule has 1 unspecified atom stereocenters. The molecule has 108 valence electrons.